The highest BCUT2D eigenvalue weighted by Gasteiger charge is 2.21. The summed E-state index contributed by atoms with van der Waals surface area (Å²) in [6.45, 7) is 4.52. The smallest absolute Gasteiger partial charge is 0.152 e. The van der Waals surface area contributed by atoms with E-state index in [9.17, 15) is 8.42 Å². The Kier molecular flexibility index (Phi) is 3.98. The van der Waals surface area contributed by atoms with Crippen molar-refractivity contribution in [3.63, 3.8) is 0 Å². The van der Waals surface area contributed by atoms with Crippen molar-refractivity contribution >= 4 is 15.5 Å². The van der Waals surface area contributed by atoms with Crippen LogP contribution in [0.4, 0.5) is 5.69 Å². The SMILES string of the molecule is O=S1(=O)CCN(Cc2ccc(N3CCCC3)cc2)CC1. The second kappa shape index (κ2) is 5.74. The van der Waals surface area contributed by atoms with Crippen molar-refractivity contribution in [1.82, 2.24) is 4.90 Å². The average molecular weight is 294 g/mol. The van der Waals surface area contributed by atoms with Crippen LogP contribution in [0, 0.1) is 0 Å². The van der Waals surface area contributed by atoms with Crippen LogP contribution >= 0.6 is 0 Å². The third-order valence-electron chi connectivity index (χ3n) is 4.25. The molecule has 0 aliphatic carbocycles. The molecule has 0 saturated carbocycles. The van der Waals surface area contributed by atoms with Crippen molar-refractivity contribution < 1.29 is 8.42 Å². The van der Waals surface area contributed by atoms with Crippen LogP contribution in [0.5, 0.6) is 0 Å². The second-order valence-corrected chi connectivity index (χ2v) is 8.09. The van der Waals surface area contributed by atoms with Gasteiger partial charge in [0, 0.05) is 38.4 Å². The summed E-state index contributed by atoms with van der Waals surface area (Å²) in [5.41, 5.74) is 2.58. The average Bonchev–Trinajstić information content (AvgIpc) is 2.96. The molecule has 0 bridgehead atoms. The van der Waals surface area contributed by atoms with Gasteiger partial charge in [0.05, 0.1) is 11.5 Å². The van der Waals surface area contributed by atoms with E-state index >= 15 is 0 Å². The zero-order valence-corrected chi connectivity index (χ0v) is 12.6. The Hall–Kier alpha value is -1.07. The van der Waals surface area contributed by atoms with Crippen LogP contribution in [0.3, 0.4) is 0 Å². The van der Waals surface area contributed by atoms with Crippen molar-refractivity contribution in [3.05, 3.63) is 29.8 Å². The number of anilines is 1. The monoisotopic (exact) mass is 294 g/mol. The lowest BCUT2D eigenvalue weighted by Crippen LogP contribution is -2.39. The minimum absolute atomic E-state index is 0.304. The molecule has 0 atom stereocenters. The first-order valence-electron chi connectivity index (χ1n) is 7.39. The van der Waals surface area contributed by atoms with E-state index in [1.54, 1.807) is 0 Å². The molecule has 0 N–H and O–H groups in total. The minimum Gasteiger partial charge on any atom is -0.372 e. The van der Waals surface area contributed by atoms with Gasteiger partial charge >= 0.3 is 0 Å². The number of nitrogens with zero attached hydrogens (tertiary/aromatic N) is 2. The van der Waals surface area contributed by atoms with Crippen LogP contribution in [0.2, 0.25) is 0 Å². The Morgan fingerprint density at radius 3 is 2.10 bits per heavy atom. The van der Waals surface area contributed by atoms with Crippen molar-refractivity contribution in [2.24, 2.45) is 0 Å². The highest BCUT2D eigenvalue weighted by Crippen LogP contribution is 2.21. The number of hydrogen-bond acceptors (Lipinski definition) is 4. The van der Waals surface area contributed by atoms with Gasteiger partial charge < -0.3 is 4.90 Å². The van der Waals surface area contributed by atoms with Crippen LogP contribution < -0.4 is 4.90 Å². The maximum atomic E-state index is 11.4. The zero-order valence-electron chi connectivity index (χ0n) is 11.8. The summed E-state index contributed by atoms with van der Waals surface area (Å²) >= 11 is 0. The molecule has 2 saturated heterocycles. The van der Waals surface area contributed by atoms with Crippen LogP contribution in [-0.4, -0.2) is 51.0 Å². The van der Waals surface area contributed by atoms with E-state index in [0.29, 0.717) is 24.6 Å². The topological polar surface area (TPSA) is 40.6 Å². The fraction of sp³-hybridized carbons (Fsp3) is 0.600. The lowest BCUT2D eigenvalue weighted by Gasteiger charge is -2.26. The molecule has 0 aromatic heterocycles. The summed E-state index contributed by atoms with van der Waals surface area (Å²) in [7, 11) is -2.77. The van der Waals surface area contributed by atoms with Crippen molar-refractivity contribution in [3.8, 4) is 0 Å². The largest absolute Gasteiger partial charge is 0.372 e. The number of sulfone groups is 1. The fourth-order valence-corrected chi connectivity index (χ4v) is 4.23. The quantitative estimate of drug-likeness (QED) is 0.847. The summed E-state index contributed by atoms with van der Waals surface area (Å²) in [5, 5.41) is 0. The number of benzene rings is 1. The van der Waals surface area contributed by atoms with Gasteiger partial charge in [-0.05, 0) is 30.5 Å². The van der Waals surface area contributed by atoms with Gasteiger partial charge in [-0.25, -0.2) is 8.42 Å². The molecule has 0 radical (unpaired) electrons. The number of rotatable bonds is 3. The Morgan fingerprint density at radius 1 is 0.900 bits per heavy atom. The fourth-order valence-electron chi connectivity index (χ4n) is 2.95. The predicted octanol–water partition coefficient (Wildman–Crippen LogP) is 1.52. The zero-order chi connectivity index (χ0) is 14.0. The molecule has 2 aliphatic rings. The predicted molar refractivity (Wildman–Crippen MR) is 81.8 cm³/mol. The van der Waals surface area contributed by atoms with E-state index in [1.807, 2.05) is 0 Å². The molecule has 1 aromatic rings. The van der Waals surface area contributed by atoms with Gasteiger partial charge in [-0.1, -0.05) is 12.1 Å². The Bertz CT molecular complexity index is 534. The van der Waals surface area contributed by atoms with Gasteiger partial charge in [0.2, 0.25) is 0 Å². The molecular formula is C15H22N2O2S. The summed E-state index contributed by atoms with van der Waals surface area (Å²) in [6.07, 6.45) is 2.59. The van der Waals surface area contributed by atoms with Crippen LogP contribution in [0.25, 0.3) is 0 Å². The maximum Gasteiger partial charge on any atom is 0.152 e. The maximum absolute atomic E-state index is 11.4. The molecule has 110 valence electrons. The lowest BCUT2D eigenvalue weighted by molar-refractivity contribution is 0.287. The van der Waals surface area contributed by atoms with E-state index in [1.165, 1.54) is 37.2 Å². The molecule has 2 fully saturated rings. The van der Waals surface area contributed by atoms with Gasteiger partial charge in [0.25, 0.3) is 0 Å². The molecule has 20 heavy (non-hydrogen) atoms. The molecule has 5 heteroatoms. The summed E-state index contributed by atoms with van der Waals surface area (Å²) in [4.78, 5) is 4.66. The first kappa shape index (κ1) is 13.9. The Balaban J connectivity index is 1.58. The normalized spacial score (nSPS) is 23.1. The van der Waals surface area contributed by atoms with E-state index in [0.717, 1.165) is 6.54 Å². The van der Waals surface area contributed by atoms with Gasteiger partial charge in [-0.2, -0.15) is 0 Å². The Labute approximate surface area is 121 Å². The van der Waals surface area contributed by atoms with Gasteiger partial charge in [0.15, 0.2) is 9.84 Å². The third kappa shape index (κ3) is 3.33. The molecule has 2 aliphatic heterocycles. The molecule has 0 unspecified atom stereocenters. The third-order valence-corrected chi connectivity index (χ3v) is 5.86. The molecule has 4 nitrogen and oxygen atoms in total. The number of hydrogen-bond donors (Lipinski definition) is 0. The van der Waals surface area contributed by atoms with Crippen LogP contribution in [0.1, 0.15) is 18.4 Å². The van der Waals surface area contributed by atoms with E-state index in [-0.39, 0.29) is 0 Å². The van der Waals surface area contributed by atoms with E-state index in [4.69, 9.17) is 0 Å². The molecule has 3 rings (SSSR count). The summed E-state index contributed by atoms with van der Waals surface area (Å²) < 4.78 is 22.8. The molecule has 1 aromatic carbocycles. The summed E-state index contributed by atoms with van der Waals surface area (Å²) in [6, 6.07) is 8.75. The summed E-state index contributed by atoms with van der Waals surface area (Å²) in [5.74, 6) is 0.609. The van der Waals surface area contributed by atoms with Gasteiger partial charge in [-0.3, -0.25) is 4.90 Å². The lowest BCUT2D eigenvalue weighted by atomic mass is 10.2. The molecule has 0 spiro atoms. The second-order valence-electron chi connectivity index (χ2n) is 5.79. The van der Waals surface area contributed by atoms with Gasteiger partial charge in [-0.15, -0.1) is 0 Å². The standard InChI is InChI=1S/C15H22N2O2S/c18-20(19)11-9-16(10-12-20)13-14-3-5-15(6-4-14)17-7-1-2-8-17/h3-6H,1-2,7-13H2. The first-order valence-corrected chi connectivity index (χ1v) is 9.21. The molecule has 2 heterocycles. The molecular weight excluding hydrogens is 272 g/mol. The molecule has 0 amide bonds. The highest BCUT2D eigenvalue weighted by molar-refractivity contribution is 7.91. The van der Waals surface area contributed by atoms with Crippen molar-refractivity contribution in [1.29, 1.82) is 0 Å². The van der Waals surface area contributed by atoms with E-state index < -0.39 is 9.84 Å². The highest BCUT2D eigenvalue weighted by atomic mass is 32.2. The van der Waals surface area contributed by atoms with Crippen molar-refractivity contribution in [2.75, 3.05) is 42.6 Å². The van der Waals surface area contributed by atoms with Crippen LogP contribution in [-0.2, 0) is 16.4 Å². The van der Waals surface area contributed by atoms with Crippen LogP contribution in [0.15, 0.2) is 24.3 Å². The Morgan fingerprint density at radius 2 is 1.50 bits per heavy atom. The minimum atomic E-state index is -2.77. The van der Waals surface area contributed by atoms with Gasteiger partial charge in [0.1, 0.15) is 0 Å². The van der Waals surface area contributed by atoms with E-state index in [2.05, 4.69) is 34.1 Å². The van der Waals surface area contributed by atoms with Crippen molar-refractivity contribution in [2.45, 2.75) is 19.4 Å². The first-order chi connectivity index (χ1) is 9.62.